The van der Waals surface area contributed by atoms with Crippen LogP contribution in [-0.4, -0.2) is 11.5 Å². The number of hydrogen-bond acceptors (Lipinski definition) is 4. The molecule has 0 aliphatic carbocycles. The number of aryl methyl sites for hydroxylation is 1. The van der Waals surface area contributed by atoms with Crippen LogP contribution in [0.2, 0.25) is 0 Å². The van der Waals surface area contributed by atoms with E-state index in [0.717, 1.165) is 17.2 Å². The summed E-state index contributed by atoms with van der Waals surface area (Å²) in [4.78, 5) is 5.75. The third-order valence-electron chi connectivity index (χ3n) is 2.55. The van der Waals surface area contributed by atoms with Crippen LogP contribution >= 0.6 is 11.3 Å². The van der Waals surface area contributed by atoms with Gasteiger partial charge in [0.1, 0.15) is 10.4 Å². The molecule has 0 spiro atoms. The molecule has 88 valence electrons. The standard InChI is InChI=1S/C12H19N3S/c1-6-14-8(2)10-9(3)15-11(16-10)12(4,5)7-13/h8,14H,6H2,1-5H3. The minimum atomic E-state index is -0.486. The molecule has 1 aromatic heterocycles. The highest BCUT2D eigenvalue weighted by molar-refractivity contribution is 7.12. The number of nitriles is 1. The molecule has 0 aromatic carbocycles. The van der Waals surface area contributed by atoms with Crippen molar-refractivity contribution in [2.24, 2.45) is 0 Å². The minimum absolute atomic E-state index is 0.311. The number of nitrogens with one attached hydrogen (secondary N) is 1. The predicted octanol–water partition coefficient (Wildman–Crippen LogP) is 2.92. The van der Waals surface area contributed by atoms with Crippen molar-refractivity contribution in [3.8, 4) is 6.07 Å². The van der Waals surface area contributed by atoms with Crippen LogP contribution < -0.4 is 5.32 Å². The zero-order valence-electron chi connectivity index (χ0n) is 10.6. The fourth-order valence-electron chi connectivity index (χ4n) is 1.52. The molecule has 0 amide bonds. The summed E-state index contributed by atoms with van der Waals surface area (Å²) in [5.74, 6) is 0. The smallest absolute Gasteiger partial charge is 0.113 e. The van der Waals surface area contributed by atoms with Gasteiger partial charge in [0.15, 0.2) is 0 Å². The quantitative estimate of drug-likeness (QED) is 0.876. The number of hydrogen-bond donors (Lipinski definition) is 1. The maximum atomic E-state index is 9.09. The van der Waals surface area contributed by atoms with E-state index in [4.69, 9.17) is 5.26 Å². The Kier molecular flexibility index (Phi) is 4.06. The molecule has 0 aliphatic rings. The van der Waals surface area contributed by atoms with Gasteiger partial charge in [-0.1, -0.05) is 6.92 Å². The largest absolute Gasteiger partial charge is 0.310 e. The van der Waals surface area contributed by atoms with E-state index in [1.165, 1.54) is 4.88 Å². The van der Waals surface area contributed by atoms with Crippen LogP contribution in [0.3, 0.4) is 0 Å². The van der Waals surface area contributed by atoms with Crippen LogP contribution in [0.15, 0.2) is 0 Å². The molecule has 0 fully saturated rings. The summed E-state index contributed by atoms with van der Waals surface area (Å²) in [5, 5.41) is 13.4. The van der Waals surface area contributed by atoms with Gasteiger partial charge >= 0.3 is 0 Å². The van der Waals surface area contributed by atoms with E-state index < -0.39 is 5.41 Å². The Bertz CT molecular complexity index is 401. The first-order valence-electron chi connectivity index (χ1n) is 5.54. The van der Waals surface area contributed by atoms with E-state index in [1.807, 2.05) is 20.8 Å². The highest BCUT2D eigenvalue weighted by Crippen LogP contribution is 2.32. The first-order valence-corrected chi connectivity index (χ1v) is 6.36. The predicted molar refractivity (Wildman–Crippen MR) is 67.6 cm³/mol. The Labute approximate surface area is 102 Å². The van der Waals surface area contributed by atoms with Gasteiger partial charge in [-0.25, -0.2) is 4.98 Å². The third kappa shape index (κ3) is 2.60. The molecule has 0 bridgehead atoms. The van der Waals surface area contributed by atoms with Crippen LogP contribution in [0.5, 0.6) is 0 Å². The van der Waals surface area contributed by atoms with E-state index in [9.17, 15) is 0 Å². The Hall–Kier alpha value is -0.920. The molecular weight excluding hydrogens is 218 g/mol. The van der Waals surface area contributed by atoms with Gasteiger partial charge in [0.25, 0.3) is 0 Å². The molecule has 1 atom stereocenters. The van der Waals surface area contributed by atoms with Crippen LogP contribution in [0.4, 0.5) is 0 Å². The summed E-state index contributed by atoms with van der Waals surface area (Å²) in [5.41, 5.74) is 0.552. The van der Waals surface area contributed by atoms with Crippen molar-refractivity contribution in [2.45, 2.75) is 46.1 Å². The van der Waals surface area contributed by atoms with Crippen LogP contribution in [0.25, 0.3) is 0 Å². The van der Waals surface area contributed by atoms with Crippen LogP contribution in [-0.2, 0) is 5.41 Å². The zero-order chi connectivity index (χ0) is 12.3. The monoisotopic (exact) mass is 237 g/mol. The SMILES string of the molecule is CCNC(C)c1sc(C(C)(C)C#N)nc1C. The number of thiazole rings is 1. The fourth-order valence-corrected chi connectivity index (χ4v) is 2.67. The third-order valence-corrected chi connectivity index (χ3v) is 4.21. The van der Waals surface area contributed by atoms with Crippen molar-refractivity contribution < 1.29 is 0 Å². The minimum Gasteiger partial charge on any atom is -0.310 e. The van der Waals surface area contributed by atoms with Crippen molar-refractivity contribution in [3.05, 3.63) is 15.6 Å². The van der Waals surface area contributed by atoms with E-state index in [0.29, 0.717) is 6.04 Å². The molecule has 0 saturated heterocycles. The van der Waals surface area contributed by atoms with Crippen molar-refractivity contribution in [1.29, 1.82) is 5.26 Å². The molecule has 3 nitrogen and oxygen atoms in total. The summed E-state index contributed by atoms with van der Waals surface area (Å²) >= 11 is 1.64. The molecule has 1 aromatic rings. The highest BCUT2D eigenvalue weighted by atomic mass is 32.1. The molecule has 0 aliphatic heterocycles. The van der Waals surface area contributed by atoms with E-state index >= 15 is 0 Å². The van der Waals surface area contributed by atoms with Crippen molar-refractivity contribution in [2.75, 3.05) is 6.54 Å². The normalized spacial score (nSPS) is 13.5. The van der Waals surface area contributed by atoms with Gasteiger partial charge in [-0.05, 0) is 34.2 Å². The Balaban J connectivity index is 3.04. The van der Waals surface area contributed by atoms with Gasteiger partial charge in [-0.2, -0.15) is 5.26 Å². The number of aromatic nitrogens is 1. The molecule has 1 N–H and O–H groups in total. The van der Waals surface area contributed by atoms with Gasteiger partial charge in [0.2, 0.25) is 0 Å². The molecule has 4 heteroatoms. The maximum absolute atomic E-state index is 9.09. The number of nitrogens with zero attached hydrogens (tertiary/aromatic N) is 2. The second kappa shape index (κ2) is 4.94. The van der Waals surface area contributed by atoms with Crippen LogP contribution in [0.1, 0.15) is 49.3 Å². The zero-order valence-corrected chi connectivity index (χ0v) is 11.4. The topological polar surface area (TPSA) is 48.7 Å². The Morgan fingerprint density at radius 3 is 2.69 bits per heavy atom. The van der Waals surface area contributed by atoms with Crippen molar-refractivity contribution >= 4 is 11.3 Å². The first kappa shape index (κ1) is 13.1. The van der Waals surface area contributed by atoms with E-state index in [-0.39, 0.29) is 0 Å². The average Bonchev–Trinajstić information content (AvgIpc) is 2.61. The van der Waals surface area contributed by atoms with E-state index in [1.54, 1.807) is 11.3 Å². The molecule has 1 unspecified atom stereocenters. The molecule has 0 radical (unpaired) electrons. The molecule has 1 rings (SSSR count). The summed E-state index contributed by atoms with van der Waals surface area (Å²) in [6.45, 7) is 11.0. The summed E-state index contributed by atoms with van der Waals surface area (Å²) < 4.78 is 0. The lowest BCUT2D eigenvalue weighted by Gasteiger charge is -2.11. The van der Waals surface area contributed by atoms with E-state index in [2.05, 4.69) is 30.2 Å². The average molecular weight is 237 g/mol. The fraction of sp³-hybridized carbons (Fsp3) is 0.667. The van der Waals surface area contributed by atoms with Gasteiger partial charge in [0, 0.05) is 10.9 Å². The second-order valence-electron chi connectivity index (χ2n) is 4.48. The lowest BCUT2D eigenvalue weighted by Crippen LogP contribution is -2.17. The molecular formula is C12H19N3S. The van der Waals surface area contributed by atoms with Gasteiger partial charge in [-0.3, -0.25) is 0 Å². The molecule has 1 heterocycles. The van der Waals surface area contributed by atoms with Gasteiger partial charge in [0.05, 0.1) is 11.8 Å². The summed E-state index contributed by atoms with van der Waals surface area (Å²) in [6.07, 6.45) is 0. The lowest BCUT2D eigenvalue weighted by molar-refractivity contribution is 0.603. The van der Waals surface area contributed by atoms with Crippen LogP contribution in [0, 0.1) is 18.3 Å². The Morgan fingerprint density at radius 1 is 1.56 bits per heavy atom. The number of rotatable bonds is 4. The Morgan fingerprint density at radius 2 is 2.19 bits per heavy atom. The van der Waals surface area contributed by atoms with Gasteiger partial charge < -0.3 is 5.32 Å². The maximum Gasteiger partial charge on any atom is 0.113 e. The van der Waals surface area contributed by atoms with Crippen molar-refractivity contribution in [1.82, 2.24) is 10.3 Å². The van der Waals surface area contributed by atoms with Crippen molar-refractivity contribution in [3.63, 3.8) is 0 Å². The summed E-state index contributed by atoms with van der Waals surface area (Å²) in [7, 11) is 0. The molecule has 0 saturated carbocycles. The molecule has 16 heavy (non-hydrogen) atoms. The highest BCUT2D eigenvalue weighted by Gasteiger charge is 2.26. The van der Waals surface area contributed by atoms with Gasteiger partial charge in [-0.15, -0.1) is 11.3 Å². The summed E-state index contributed by atoms with van der Waals surface area (Å²) in [6, 6.07) is 2.61. The first-order chi connectivity index (χ1) is 7.42. The second-order valence-corrected chi connectivity index (χ2v) is 5.52. The lowest BCUT2D eigenvalue weighted by atomic mass is 9.97.